The van der Waals surface area contributed by atoms with E-state index in [1.807, 2.05) is 72.8 Å². The third-order valence-corrected chi connectivity index (χ3v) is 32.5. The Balaban J connectivity index is 0.0000000999. The molecule has 0 saturated heterocycles. The van der Waals surface area contributed by atoms with Gasteiger partial charge < -0.3 is 13.3 Å². The van der Waals surface area contributed by atoms with Crippen molar-refractivity contribution in [1.29, 1.82) is 0 Å². The molecule has 684 valence electrons. The summed E-state index contributed by atoms with van der Waals surface area (Å²) in [6.07, 6.45) is 0. The number of aromatic nitrogens is 9. The molecule has 0 amide bonds. The summed E-state index contributed by atoms with van der Waals surface area (Å²) >= 11 is 5.37. The summed E-state index contributed by atoms with van der Waals surface area (Å²) in [4.78, 5) is 53.8. The second kappa shape index (κ2) is 32.7. The first-order valence-electron chi connectivity index (χ1n) is 48.8. The van der Waals surface area contributed by atoms with Crippen molar-refractivity contribution in [3.05, 3.63) is 437 Å². The quantitative estimate of drug-likeness (QED) is 0.134. The Morgan fingerprint density at radius 2 is 0.483 bits per heavy atom. The lowest BCUT2D eigenvalue weighted by atomic mass is 9.91. The number of fused-ring (bicyclic) bond motifs is 24. The minimum absolute atomic E-state index is 0.554. The summed E-state index contributed by atoms with van der Waals surface area (Å²) in [6.45, 7) is 0. The van der Waals surface area contributed by atoms with Crippen molar-refractivity contribution in [1.82, 2.24) is 44.9 Å². The molecule has 0 atom stereocenters. The number of hydrogen-bond donors (Lipinski definition) is 0. The van der Waals surface area contributed by atoms with Gasteiger partial charge in [0.25, 0.3) is 0 Å². The van der Waals surface area contributed by atoms with Gasteiger partial charge in [-0.25, -0.2) is 15.0 Å². The molecule has 9 aromatic heterocycles. The van der Waals surface area contributed by atoms with Crippen LogP contribution in [0.2, 0.25) is 0 Å². The van der Waals surface area contributed by atoms with E-state index in [0.29, 0.717) is 52.8 Å². The van der Waals surface area contributed by atoms with E-state index >= 15 is 0 Å². The van der Waals surface area contributed by atoms with Crippen molar-refractivity contribution < 1.29 is 13.3 Å². The zero-order valence-corrected chi connectivity index (χ0v) is 80.3. The topological polar surface area (TPSA) is 165 Å². The highest BCUT2D eigenvalue weighted by Gasteiger charge is 2.35. The Bertz CT molecular complexity index is 10800. The first-order chi connectivity index (χ1) is 72.8. The summed E-state index contributed by atoms with van der Waals surface area (Å²) in [5.74, 6) is 5.30. The zero-order chi connectivity index (χ0) is 96.2. The SMILES string of the molecule is c1ccc2c(c1)-c1cccc3cccc(c13)N2c1nc(-c2ccc3c(c2)oc2ccccc23)nc(-c2cccc3c2sc2ccccc23)n1.c1ccc2c(c1)-c1cccc3cccc(c13)N2c1nc(-c2ccc3c(c2)sc2ccccc23)nc(-c2ccc3oc4ccccc4c3c2)n1.c1ccc2c(c1)-c1cccc3cccc(c13)N2c1nc(-c2ccc3sc4ccccc4c3c2)nc(-c2cccc3c2oc2ccccc23)n1. The first-order valence-corrected chi connectivity index (χ1v) is 51.3. The van der Waals surface area contributed by atoms with Crippen LogP contribution in [0.5, 0.6) is 0 Å². The lowest BCUT2D eigenvalue weighted by Gasteiger charge is -2.32. The Kier molecular flexibility index (Phi) is 18.4. The van der Waals surface area contributed by atoms with Crippen molar-refractivity contribution in [3.8, 4) is 102 Å². The molecule has 0 spiro atoms. The lowest BCUT2D eigenvalue weighted by molar-refractivity contribution is 0.668. The molecule has 0 bridgehead atoms. The van der Waals surface area contributed by atoms with Crippen LogP contribution >= 0.6 is 34.0 Å². The second-order valence-electron chi connectivity index (χ2n) is 37.2. The van der Waals surface area contributed by atoms with E-state index in [-0.39, 0.29) is 0 Å². The average molecular weight is 1930 g/mol. The smallest absolute Gasteiger partial charge is 0.238 e. The zero-order valence-electron chi connectivity index (χ0n) is 77.9. The number of furan rings is 3. The number of nitrogens with zero attached hydrogens (tertiary/aromatic N) is 12. The van der Waals surface area contributed by atoms with Gasteiger partial charge in [0.05, 0.1) is 39.7 Å². The highest BCUT2D eigenvalue weighted by Crippen LogP contribution is 2.56. The lowest BCUT2D eigenvalue weighted by Crippen LogP contribution is -2.18. The molecule has 12 heterocycles. The summed E-state index contributed by atoms with van der Waals surface area (Å²) in [6, 6.07) is 153. The third-order valence-electron chi connectivity index (χ3n) is 29.0. The Morgan fingerprint density at radius 3 is 1.03 bits per heavy atom. The van der Waals surface area contributed by atoms with Crippen LogP contribution in [-0.2, 0) is 0 Å². The van der Waals surface area contributed by atoms with Gasteiger partial charge in [0, 0.05) is 154 Å². The van der Waals surface area contributed by atoms with Crippen LogP contribution in [-0.4, -0.2) is 44.9 Å². The molecule has 0 saturated carbocycles. The molecule has 0 N–H and O–H groups in total. The van der Waals surface area contributed by atoms with Gasteiger partial charge in [-0.2, -0.15) is 29.9 Å². The highest BCUT2D eigenvalue weighted by molar-refractivity contribution is 7.27. The number of para-hydroxylation sites is 7. The van der Waals surface area contributed by atoms with Gasteiger partial charge >= 0.3 is 0 Å². The summed E-state index contributed by atoms with van der Waals surface area (Å²) in [5, 5.41) is 20.8. The van der Waals surface area contributed by atoms with Crippen LogP contribution in [0.3, 0.4) is 0 Å². The van der Waals surface area contributed by atoms with Gasteiger partial charge in [-0.05, 0) is 172 Å². The van der Waals surface area contributed by atoms with Crippen LogP contribution < -0.4 is 14.7 Å². The predicted molar refractivity (Wildman–Crippen MR) is 606 cm³/mol. The van der Waals surface area contributed by atoms with Crippen LogP contribution in [0.15, 0.2) is 450 Å². The molecular formula is C129H72N12O3S3. The molecule has 147 heavy (non-hydrogen) atoms. The molecule has 33 rings (SSSR count). The van der Waals surface area contributed by atoms with Crippen LogP contribution in [0.25, 0.3) is 260 Å². The summed E-state index contributed by atoms with van der Waals surface area (Å²) in [5.41, 5.74) is 23.7. The second-order valence-corrected chi connectivity index (χ2v) is 40.5. The molecule has 0 fully saturated rings. The number of thiophene rings is 3. The fourth-order valence-electron chi connectivity index (χ4n) is 22.4. The highest BCUT2D eigenvalue weighted by atomic mass is 32.1. The monoisotopic (exact) mass is 1930 g/mol. The molecule has 30 aromatic rings. The molecule has 0 unspecified atom stereocenters. The van der Waals surface area contributed by atoms with E-state index in [1.165, 1.54) is 105 Å². The molecular weight excluding hydrogens is 1860 g/mol. The summed E-state index contributed by atoms with van der Waals surface area (Å²) < 4.78 is 26.3. The Morgan fingerprint density at radius 1 is 0.170 bits per heavy atom. The summed E-state index contributed by atoms with van der Waals surface area (Å²) in [7, 11) is 0. The minimum Gasteiger partial charge on any atom is -0.456 e. The van der Waals surface area contributed by atoms with Crippen molar-refractivity contribution in [2.75, 3.05) is 14.7 Å². The molecule has 3 aliphatic rings. The number of benzene rings is 21. The van der Waals surface area contributed by atoms with E-state index < -0.39 is 0 Å². The van der Waals surface area contributed by atoms with E-state index in [2.05, 4.69) is 379 Å². The van der Waals surface area contributed by atoms with Crippen molar-refractivity contribution >= 4 is 245 Å². The van der Waals surface area contributed by atoms with Crippen LogP contribution in [0, 0.1) is 0 Å². The van der Waals surface area contributed by atoms with Gasteiger partial charge in [0.2, 0.25) is 17.8 Å². The maximum atomic E-state index is 6.50. The Hall–Kier alpha value is -19.1. The van der Waals surface area contributed by atoms with E-state index in [1.54, 1.807) is 34.0 Å². The molecule has 3 aliphatic heterocycles. The van der Waals surface area contributed by atoms with Crippen molar-refractivity contribution in [2.24, 2.45) is 0 Å². The number of anilines is 9. The normalized spacial score (nSPS) is 12.4. The van der Waals surface area contributed by atoms with Gasteiger partial charge in [0.15, 0.2) is 34.9 Å². The predicted octanol–water partition coefficient (Wildman–Crippen LogP) is 36.2. The minimum atomic E-state index is 0.554. The van der Waals surface area contributed by atoms with E-state index in [0.717, 1.165) is 155 Å². The molecule has 15 nitrogen and oxygen atoms in total. The van der Waals surface area contributed by atoms with E-state index in [9.17, 15) is 0 Å². The van der Waals surface area contributed by atoms with Gasteiger partial charge in [0.1, 0.15) is 33.5 Å². The standard InChI is InChI=1S/3C43H24N4OS/c1-4-18-34-27(12-1)31-15-7-10-25-11-8-19-35(39(25)31)47(34)43-45-41(26-22-23-29-28-13-2-5-20-36(28)48-37(29)24-26)44-42(46-43)33-17-9-16-32-30-14-3-6-21-38(30)49-40(32)33;1-4-18-34-27(12-1)30-15-7-10-25-11-8-19-35(39(25)30)47(34)43-45-41(26-22-23-38-33(24-26)29-14-3-6-21-37(29)49-38)44-42(46-43)32-17-9-16-31-28-13-2-5-20-36(28)48-40(31)32;1-4-15-34-28(11-1)32-14-7-9-25-10-8-16-35(40(25)32)47(34)43-45-41(26-20-22-37-33(23-26)29-12-2-5-17-36(29)48-37)44-42(46-43)27-19-21-31-30-13-3-6-18-38(30)49-39(31)24-27/h3*1-24H. The van der Waals surface area contributed by atoms with Crippen LogP contribution in [0.4, 0.5) is 52.0 Å². The number of rotatable bonds is 9. The molecule has 21 aromatic carbocycles. The molecule has 18 heteroatoms. The first kappa shape index (κ1) is 82.6. The third kappa shape index (κ3) is 13.2. The van der Waals surface area contributed by atoms with Crippen molar-refractivity contribution in [3.63, 3.8) is 0 Å². The average Bonchev–Trinajstić information content (AvgIpc) is 1.46. The van der Waals surface area contributed by atoms with Crippen LogP contribution in [0.1, 0.15) is 0 Å². The van der Waals surface area contributed by atoms with Gasteiger partial charge in [-0.1, -0.05) is 297 Å². The fraction of sp³-hybridized carbons (Fsp3) is 0. The maximum absolute atomic E-state index is 6.50. The Labute approximate surface area is 849 Å². The van der Waals surface area contributed by atoms with E-state index in [4.69, 9.17) is 58.1 Å². The van der Waals surface area contributed by atoms with Gasteiger partial charge in [-0.3, -0.25) is 14.7 Å². The largest absolute Gasteiger partial charge is 0.456 e. The maximum Gasteiger partial charge on any atom is 0.238 e. The molecule has 0 aliphatic carbocycles. The van der Waals surface area contributed by atoms with Gasteiger partial charge in [-0.15, -0.1) is 34.0 Å². The van der Waals surface area contributed by atoms with Crippen molar-refractivity contribution in [2.45, 2.75) is 0 Å². The molecule has 0 radical (unpaired) electrons. The fourth-order valence-corrected chi connectivity index (χ4v) is 25.8. The number of hydrogen-bond acceptors (Lipinski definition) is 18.